The maximum absolute atomic E-state index is 10.1. The normalized spacial score (nSPS) is 13.7. The van der Waals surface area contributed by atoms with Crippen LogP contribution >= 0.6 is 0 Å². The van der Waals surface area contributed by atoms with E-state index in [1.165, 1.54) is 0 Å². The molecule has 1 aliphatic heterocycles. The molecule has 0 radical (unpaired) electrons. The van der Waals surface area contributed by atoms with E-state index in [0.29, 0.717) is 28.9 Å². The molecule has 1 aromatic heterocycles. The molecule has 8 aromatic rings. The highest BCUT2D eigenvalue weighted by Crippen LogP contribution is 2.39. The summed E-state index contributed by atoms with van der Waals surface area (Å²) < 4.78 is 0. The Morgan fingerprint density at radius 2 is 0.965 bits per heavy atom. The fourth-order valence-corrected chi connectivity index (χ4v) is 7.20. The number of aliphatic imine (C=N–C) groups is 2. The van der Waals surface area contributed by atoms with Gasteiger partial charge in [0, 0.05) is 34.9 Å². The molecule has 270 valence electrons. The van der Waals surface area contributed by atoms with Crippen LogP contribution in [0.1, 0.15) is 28.4 Å². The second-order valence-corrected chi connectivity index (χ2v) is 13.7. The molecular formula is C50H35N7. The summed E-state index contributed by atoms with van der Waals surface area (Å²) in [5, 5.41) is 10.1. The fourth-order valence-electron chi connectivity index (χ4n) is 7.20. The van der Waals surface area contributed by atoms with E-state index in [0.717, 1.165) is 61.5 Å². The van der Waals surface area contributed by atoms with Crippen molar-refractivity contribution >= 4 is 11.7 Å². The molecule has 1 unspecified atom stereocenters. The highest BCUT2D eigenvalue weighted by atomic mass is 15.3. The van der Waals surface area contributed by atoms with Crippen molar-refractivity contribution in [1.82, 2.24) is 19.9 Å². The molecule has 57 heavy (non-hydrogen) atoms. The van der Waals surface area contributed by atoms with E-state index in [1.807, 2.05) is 159 Å². The first-order chi connectivity index (χ1) is 28.1. The topological polar surface area (TPSA) is 90.4 Å². The molecule has 0 N–H and O–H groups in total. The Bertz CT molecular complexity index is 2750. The number of hydrogen-bond donors (Lipinski definition) is 0. The van der Waals surface area contributed by atoms with Crippen LogP contribution in [0.3, 0.4) is 0 Å². The lowest BCUT2D eigenvalue weighted by Crippen LogP contribution is -2.35. The Morgan fingerprint density at radius 1 is 0.456 bits per heavy atom. The molecule has 0 amide bonds. The first kappa shape index (κ1) is 34.9. The van der Waals surface area contributed by atoms with Crippen molar-refractivity contribution in [2.24, 2.45) is 9.98 Å². The first-order valence-corrected chi connectivity index (χ1v) is 18.7. The maximum Gasteiger partial charge on any atom is 0.164 e. The molecule has 1 aliphatic rings. The SMILES string of the molecule is CN1C(c2cccc(-c3cc(C#N)ccc3-c3ccccc3-c3nc(-c4ccccc4)nc(-c4ccccc4)n3)c2)=NC(c2ccccc2)=NC1c1ccccc1. The molecule has 7 aromatic carbocycles. The molecule has 7 heteroatoms. The summed E-state index contributed by atoms with van der Waals surface area (Å²) in [5.41, 5.74) is 9.88. The zero-order valence-corrected chi connectivity index (χ0v) is 31.1. The first-order valence-electron chi connectivity index (χ1n) is 18.7. The second-order valence-electron chi connectivity index (χ2n) is 13.7. The van der Waals surface area contributed by atoms with Crippen LogP contribution in [0.5, 0.6) is 0 Å². The van der Waals surface area contributed by atoms with Gasteiger partial charge in [0.05, 0.1) is 11.6 Å². The Balaban J connectivity index is 1.18. The van der Waals surface area contributed by atoms with E-state index < -0.39 is 0 Å². The van der Waals surface area contributed by atoms with Crippen molar-refractivity contribution in [3.8, 4) is 62.5 Å². The lowest BCUT2D eigenvalue weighted by Gasteiger charge is -2.32. The zero-order valence-electron chi connectivity index (χ0n) is 31.1. The largest absolute Gasteiger partial charge is 0.333 e. The molecule has 9 rings (SSSR count). The van der Waals surface area contributed by atoms with Gasteiger partial charge < -0.3 is 4.90 Å². The third kappa shape index (κ3) is 7.11. The zero-order chi connectivity index (χ0) is 38.6. The Kier molecular flexibility index (Phi) is 9.50. The Hall–Kier alpha value is -7.82. The van der Waals surface area contributed by atoms with Crippen LogP contribution in [0, 0.1) is 11.3 Å². The molecule has 1 atom stereocenters. The van der Waals surface area contributed by atoms with Crippen molar-refractivity contribution in [3.63, 3.8) is 0 Å². The number of hydrogen-bond acceptors (Lipinski definition) is 7. The van der Waals surface area contributed by atoms with Crippen LogP contribution in [-0.2, 0) is 0 Å². The van der Waals surface area contributed by atoms with E-state index in [1.54, 1.807) is 0 Å². The van der Waals surface area contributed by atoms with Gasteiger partial charge in [-0.25, -0.2) is 24.9 Å². The van der Waals surface area contributed by atoms with Gasteiger partial charge in [0.25, 0.3) is 0 Å². The number of amidine groups is 2. The summed E-state index contributed by atoms with van der Waals surface area (Å²) in [6, 6.07) is 65.1. The quantitative estimate of drug-likeness (QED) is 0.155. The summed E-state index contributed by atoms with van der Waals surface area (Å²) in [7, 11) is 2.04. The highest BCUT2D eigenvalue weighted by molar-refractivity contribution is 6.13. The number of rotatable bonds is 8. The molecule has 0 aliphatic carbocycles. The summed E-state index contributed by atoms with van der Waals surface area (Å²) in [5.74, 6) is 3.20. The molecule has 0 saturated carbocycles. The van der Waals surface area contributed by atoms with Gasteiger partial charge in [-0.3, -0.25) is 0 Å². The summed E-state index contributed by atoms with van der Waals surface area (Å²) >= 11 is 0. The molecule has 7 nitrogen and oxygen atoms in total. The van der Waals surface area contributed by atoms with Gasteiger partial charge in [0.1, 0.15) is 12.0 Å². The van der Waals surface area contributed by atoms with Gasteiger partial charge in [0.2, 0.25) is 0 Å². The maximum atomic E-state index is 10.1. The minimum Gasteiger partial charge on any atom is -0.333 e. The van der Waals surface area contributed by atoms with Crippen molar-refractivity contribution in [3.05, 3.63) is 210 Å². The van der Waals surface area contributed by atoms with Crippen molar-refractivity contribution in [2.75, 3.05) is 7.05 Å². The van der Waals surface area contributed by atoms with Crippen LogP contribution < -0.4 is 0 Å². The monoisotopic (exact) mass is 733 g/mol. The van der Waals surface area contributed by atoms with E-state index in [2.05, 4.69) is 47.4 Å². The fraction of sp³-hybridized carbons (Fsp3) is 0.0400. The van der Waals surface area contributed by atoms with E-state index >= 15 is 0 Å². The van der Waals surface area contributed by atoms with Crippen LogP contribution in [0.4, 0.5) is 0 Å². The predicted octanol–water partition coefficient (Wildman–Crippen LogP) is 10.9. The summed E-state index contributed by atoms with van der Waals surface area (Å²) in [6.07, 6.45) is -0.274. The van der Waals surface area contributed by atoms with Gasteiger partial charge >= 0.3 is 0 Å². The van der Waals surface area contributed by atoms with Gasteiger partial charge in [0.15, 0.2) is 23.3 Å². The van der Waals surface area contributed by atoms with E-state index in [9.17, 15) is 5.26 Å². The van der Waals surface area contributed by atoms with Crippen LogP contribution in [0.15, 0.2) is 198 Å². The number of benzene rings is 7. The number of nitriles is 1. The highest BCUT2D eigenvalue weighted by Gasteiger charge is 2.27. The van der Waals surface area contributed by atoms with Gasteiger partial charge in [-0.1, -0.05) is 170 Å². The third-order valence-electron chi connectivity index (χ3n) is 10.0. The van der Waals surface area contributed by atoms with Crippen molar-refractivity contribution < 1.29 is 0 Å². The molecule has 0 saturated heterocycles. The van der Waals surface area contributed by atoms with Gasteiger partial charge in [-0.15, -0.1) is 0 Å². The molecule has 0 spiro atoms. The average molecular weight is 734 g/mol. The third-order valence-corrected chi connectivity index (χ3v) is 10.0. The number of aromatic nitrogens is 3. The van der Waals surface area contributed by atoms with Crippen molar-refractivity contribution in [2.45, 2.75) is 6.17 Å². The molecule has 0 fully saturated rings. The molecule has 2 heterocycles. The number of nitrogens with zero attached hydrogens (tertiary/aromatic N) is 7. The standard InChI is InChI=1S/C50H35N7/c1-57-49(38-23-12-5-13-24-38)55-47(37-21-10-4-11-22-37)56-50(57)40-26-16-25-39(32-40)44-31-34(33-51)29-30-42(44)41-27-14-15-28-43(41)48-53-45(35-17-6-2-7-18-35)52-46(54-48)36-19-8-3-9-20-36/h2-32,49H,1H3. The minimum atomic E-state index is -0.274. The smallest absolute Gasteiger partial charge is 0.164 e. The van der Waals surface area contributed by atoms with E-state index in [4.69, 9.17) is 24.9 Å². The second kappa shape index (κ2) is 15.5. The Labute approximate surface area is 331 Å². The van der Waals surface area contributed by atoms with Crippen LogP contribution in [-0.4, -0.2) is 38.6 Å². The summed E-state index contributed by atoms with van der Waals surface area (Å²) in [6.45, 7) is 0. The van der Waals surface area contributed by atoms with Crippen LogP contribution in [0.25, 0.3) is 56.4 Å². The minimum absolute atomic E-state index is 0.274. The Morgan fingerprint density at radius 3 is 1.60 bits per heavy atom. The summed E-state index contributed by atoms with van der Waals surface area (Å²) in [4.78, 5) is 27.5. The van der Waals surface area contributed by atoms with Gasteiger partial charge in [-0.05, 0) is 46.0 Å². The van der Waals surface area contributed by atoms with E-state index in [-0.39, 0.29) is 6.17 Å². The molecule has 0 bridgehead atoms. The lowest BCUT2D eigenvalue weighted by atomic mass is 9.89. The predicted molar refractivity (Wildman–Crippen MR) is 228 cm³/mol. The van der Waals surface area contributed by atoms with Crippen molar-refractivity contribution in [1.29, 1.82) is 5.26 Å². The lowest BCUT2D eigenvalue weighted by molar-refractivity contribution is 0.383. The average Bonchev–Trinajstić information content (AvgIpc) is 3.30. The van der Waals surface area contributed by atoms with Gasteiger partial charge in [-0.2, -0.15) is 5.26 Å². The van der Waals surface area contributed by atoms with Crippen LogP contribution in [0.2, 0.25) is 0 Å². The molecular weight excluding hydrogens is 699 g/mol.